The molecule has 1 aliphatic heterocycles. The number of pyridine rings is 1. The van der Waals surface area contributed by atoms with E-state index in [4.69, 9.17) is 0 Å². The number of hydrogen-bond acceptors (Lipinski definition) is 3. The van der Waals surface area contributed by atoms with Gasteiger partial charge in [0.15, 0.2) is 0 Å². The van der Waals surface area contributed by atoms with Crippen molar-refractivity contribution in [3.63, 3.8) is 0 Å². The molecule has 2 heterocycles. The summed E-state index contributed by atoms with van der Waals surface area (Å²) in [6.07, 6.45) is 5.29. The van der Waals surface area contributed by atoms with Crippen LogP contribution in [-0.4, -0.2) is 43.1 Å². The molecule has 1 aliphatic rings. The number of nitrogens with zero attached hydrogens (tertiary/aromatic N) is 3. The van der Waals surface area contributed by atoms with Crippen LogP contribution >= 0.6 is 0 Å². The summed E-state index contributed by atoms with van der Waals surface area (Å²) in [7, 11) is 1.87. The van der Waals surface area contributed by atoms with E-state index in [-0.39, 0.29) is 5.91 Å². The van der Waals surface area contributed by atoms with E-state index in [0.29, 0.717) is 5.70 Å². The number of benzene rings is 1. The van der Waals surface area contributed by atoms with Crippen LogP contribution < -0.4 is 4.90 Å². The molecule has 1 saturated heterocycles. The molecule has 0 spiro atoms. The Morgan fingerprint density at radius 1 is 1.14 bits per heavy atom. The van der Waals surface area contributed by atoms with Gasteiger partial charge in [-0.05, 0) is 0 Å². The molecule has 21 heavy (non-hydrogen) atoms. The monoisotopic (exact) mass is 343 g/mol. The Morgan fingerprint density at radius 2 is 1.90 bits per heavy atom. The summed E-state index contributed by atoms with van der Waals surface area (Å²) in [5.41, 5.74) is 2.36. The van der Waals surface area contributed by atoms with Crippen LogP contribution in [-0.2, 0) is 4.79 Å². The second-order valence-corrected chi connectivity index (χ2v) is 5.40. The first-order valence-electron chi connectivity index (χ1n) is 6.47. The van der Waals surface area contributed by atoms with Crippen LogP contribution in [0.1, 0.15) is 5.56 Å². The number of carbonyl (C=O) groups is 1. The van der Waals surface area contributed by atoms with Crippen molar-refractivity contribution in [1.82, 2.24) is 9.88 Å². The molecule has 0 bridgehead atoms. The van der Waals surface area contributed by atoms with Crippen LogP contribution in [0.25, 0.3) is 6.08 Å². The van der Waals surface area contributed by atoms with Gasteiger partial charge in [0.05, 0.1) is 0 Å². The number of rotatable bonds is 2. The molecular formula is C16H13N3OSe. The molecule has 0 N–H and O–H groups in total. The van der Waals surface area contributed by atoms with Crippen molar-refractivity contribution in [1.29, 1.82) is 0 Å². The van der Waals surface area contributed by atoms with Gasteiger partial charge in [0, 0.05) is 0 Å². The van der Waals surface area contributed by atoms with Gasteiger partial charge in [0.2, 0.25) is 0 Å². The van der Waals surface area contributed by atoms with E-state index in [1.54, 1.807) is 17.3 Å². The maximum atomic E-state index is 12.7. The molecule has 1 aromatic heterocycles. The van der Waals surface area contributed by atoms with E-state index < -0.39 is 0 Å². The molecule has 1 fully saturated rings. The minimum absolute atomic E-state index is 0.0543. The molecule has 4 nitrogen and oxygen atoms in total. The molecule has 3 rings (SSSR count). The molecule has 0 aliphatic carbocycles. The normalized spacial score (nSPS) is 16.9. The van der Waals surface area contributed by atoms with Gasteiger partial charge in [-0.3, -0.25) is 0 Å². The van der Waals surface area contributed by atoms with Gasteiger partial charge in [0.1, 0.15) is 0 Å². The minimum atomic E-state index is -0.0543. The average molecular weight is 342 g/mol. The Bertz CT molecular complexity index is 713. The SMILES string of the molecule is CN1C(=[Se])N(c2ccccc2)C(=O)/C1=C\c1cccnc1. The Hall–Kier alpha value is -2.23. The molecule has 0 unspecified atom stereocenters. The predicted molar refractivity (Wildman–Crippen MR) is 84.7 cm³/mol. The van der Waals surface area contributed by atoms with E-state index in [0.717, 1.165) is 15.9 Å². The summed E-state index contributed by atoms with van der Waals surface area (Å²) in [5, 5.41) is 0. The Labute approximate surface area is 131 Å². The van der Waals surface area contributed by atoms with Gasteiger partial charge in [-0.15, -0.1) is 0 Å². The number of anilines is 1. The van der Waals surface area contributed by atoms with Gasteiger partial charge in [0.25, 0.3) is 0 Å². The third-order valence-corrected chi connectivity index (χ3v) is 4.22. The molecule has 0 radical (unpaired) electrons. The fraction of sp³-hybridized carbons (Fsp3) is 0.0625. The predicted octanol–water partition coefficient (Wildman–Crippen LogP) is 1.66. The quantitative estimate of drug-likeness (QED) is 0.615. The van der Waals surface area contributed by atoms with Crippen LogP contribution in [0.2, 0.25) is 0 Å². The Morgan fingerprint density at radius 3 is 2.57 bits per heavy atom. The standard InChI is InChI=1S/C16H13N3OSe/c1-18-14(10-12-6-5-9-17-11-12)15(20)19(16(18)21)13-7-3-2-4-8-13/h2-11H,1H3/b14-10+. The topological polar surface area (TPSA) is 36.4 Å². The third-order valence-electron chi connectivity index (χ3n) is 3.26. The molecule has 1 amide bonds. The molecule has 0 saturated carbocycles. The van der Waals surface area contributed by atoms with Gasteiger partial charge in [-0.25, -0.2) is 0 Å². The molecule has 104 valence electrons. The van der Waals surface area contributed by atoms with Crippen molar-refractivity contribution in [2.45, 2.75) is 0 Å². The molecule has 5 heteroatoms. The van der Waals surface area contributed by atoms with Crippen LogP contribution in [0.3, 0.4) is 0 Å². The fourth-order valence-electron chi connectivity index (χ4n) is 2.18. The van der Waals surface area contributed by atoms with Crippen molar-refractivity contribution >= 4 is 37.9 Å². The van der Waals surface area contributed by atoms with Gasteiger partial charge in [-0.2, -0.15) is 0 Å². The first kappa shape index (κ1) is 13.7. The first-order valence-corrected chi connectivity index (χ1v) is 7.33. The zero-order valence-electron chi connectivity index (χ0n) is 11.4. The Kier molecular flexibility index (Phi) is 3.69. The van der Waals surface area contributed by atoms with Crippen molar-refractivity contribution in [3.8, 4) is 0 Å². The van der Waals surface area contributed by atoms with Crippen molar-refractivity contribution in [2.75, 3.05) is 11.9 Å². The van der Waals surface area contributed by atoms with Gasteiger partial charge < -0.3 is 0 Å². The number of hydrogen-bond donors (Lipinski definition) is 0. The zero-order chi connectivity index (χ0) is 14.8. The second kappa shape index (κ2) is 5.64. The van der Waals surface area contributed by atoms with Crippen LogP contribution in [0.4, 0.5) is 5.69 Å². The summed E-state index contributed by atoms with van der Waals surface area (Å²) in [6.45, 7) is 0. The Balaban J connectivity index is 2.00. The number of carbonyl (C=O) groups excluding carboxylic acids is 1. The zero-order valence-corrected chi connectivity index (χ0v) is 13.1. The third kappa shape index (κ3) is 2.53. The number of likely N-dealkylation sites (N-methyl/N-ethyl adjacent to an activating group) is 1. The average Bonchev–Trinajstić information content (AvgIpc) is 2.73. The van der Waals surface area contributed by atoms with Crippen molar-refractivity contribution < 1.29 is 4.79 Å². The molecular weight excluding hydrogens is 329 g/mol. The van der Waals surface area contributed by atoms with E-state index in [9.17, 15) is 4.79 Å². The van der Waals surface area contributed by atoms with E-state index in [1.807, 2.05) is 60.5 Å². The van der Waals surface area contributed by atoms with Crippen LogP contribution in [0.5, 0.6) is 0 Å². The van der Waals surface area contributed by atoms with Gasteiger partial charge >= 0.3 is 131 Å². The summed E-state index contributed by atoms with van der Waals surface area (Å²) >= 11 is 2.97. The number of aromatic nitrogens is 1. The maximum absolute atomic E-state index is 12.7. The summed E-state index contributed by atoms with van der Waals surface area (Å²) in [5.74, 6) is -0.0543. The molecule has 1 aromatic carbocycles. The number of amides is 1. The summed E-state index contributed by atoms with van der Waals surface area (Å²) < 4.78 is 0.765. The summed E-state index contributed by atoms with van der Waals surface area (Å²) in [4.78, 5) is 20.3. The van der Waals surface area contributed by atoms with Crippen molar-refractivity contribution in [2.24, 2.45) is 0 Å². The fourth-order valence-corrected chi connectivity index (χ4v) is 2.78. The van der Waals surface area contributed by atoms with Crippen LogP contribution in [0.15, 0.2) is 60.6 Å². The second-order valence-electron chi connectivity index (χ2n) is 4.63. The first-order chi connectivity index (χ1) is 10.2. The van der Waals surface area contributed by atoms with E-state index >= 15 is 0 Å². The summed E-state index contributed by atoms with van der Waals surface area (Å²) in [6, 6.07) is 13.4. The van der Waals surface area contributed by atoms with Crippen molar-refractivity contribution in [3.05, 3.63) is 66.1 Å². The number of para-hydroxylation sites is 1. The van der Waals surface area contributed by atoms with E-state index in [2.05, 4.69) is 20.6 Å². The molecule has 2 aromatic rings. The van der Waals surface area contributed by atoms with E-state index in [1.165, 1.54) is 0 Å². The molecule has 0 atom stereocenters. The van der Waals surface area contributed by atoms with Gasteiger partial charge in [-0.1, -0.05) is 0 Å². The van der Waals surface area contributed by atoms with Crippen LogP contribution in [0, 0.1) is 0 Å².